The van der Waals surface area contributed by atoms with E-state index in [1.807, 2.05) is 0 Å². The maximum atomic E-state index is 11.4. The van der Waals surface area contributed by atoms with Crippen molar-refractivity contribution in [1.29, 1.82) is 0 Å². The summed E-state index contributed by atoms with van der Waals surface area (Å²) in [7, 11) is -3.30. The summed E-state index contributed by atoms with van der Waals surface area (Å²) in [6, 6.07) is 10.0. The SMILES string of the molecule is CS(=O)(=O)c1ccc(Oc2c(N)cccc2C(=O)O)cc1. The van der Waals surface area contributed by atoms with Crippen molar-refractivity contribution in [1.82, 2.24) is 0 Å². The summed E-state index contributed by atoms with van der Waals surface area (Å²) < 4.78 is 28.2. The van der Waals surface area contributed by atoms with E-state index in [0.29, 0.717) is 5.75 Å². The van der Waals surface area contributed by atoms with Gasteiger partial charge in [-0.1, -0.05) is 6.07 Å². The summed E-state index contributed by atoms with van der Waals surface area (Å²) in [6.45, 7) is 0. The fourth-order valence-corrected chi connectivity index (χ4v) is 2.34. The number of hydrogen-bond donors (Lipinski definition) is 2. The first kappa shape index (κ1) is 14.9. The van der Waals surface area contributed by atoms with Gasteiger partial charge in [0, 0.05) is 6.26 Å². The first-order chi connectivity index (χ1) is 9.79. The highest BCUT2D eigenvalue weighted by Gasteiger charge is 2.15. The van der Waals surface area contributed by atoms with Crippen molar-refractivity contribution in [2.45, 2.75) is 4.90 Å². The molecule has 0 aliphatic rings. The van der Waals surface area contributed by atoms with Crippen molar-refractivity contribution in [2.75, 3.05) is 12.0 Å². The Morgan fingerprint density at radius 1 is 1.14 bits per heavy atom. The molecule has 0 radical (unpaired) electrons. The van der Waals surface area contributed by atoms with Crippen LogP contribution in [-0.2, 0) is 9.84 Å². The molecule has 0 saturated carbocycles. The first-order valence-electron chi connectivity index (χ1n) is 5.89. The van der Waals surface area contributed by atoms with E-state index in [-0.39, 0.29) is 21.9 Å². The number of hydrogen-bond acceptors (Lipinski definition) is 5. The Balaban J connectivity index is 2.37. The smallest absolute Gasteiger partial charge is 0.339 e. The van der Waals surface area contributed by atoms with Crippen molar-refractivity contribution < 1.29 is 23.1 Å². The molecule has 0 aliphatic heterocycles. The molecule has 21 heavy (non-hydrogen) atoms. The summed E-state index contributed by atoms with van der Waals surface area (Å²) >= 11 is 0. The fourth-order valence-electron chi connectivity index (χ4n) is 1.71. The second kappa shape index (κ2) is 5.45. The molecule has 0 saturated heterocycles. The number of carboxylic acids is 1. The third-order valence-corrected chi connectivity index (χ3v) is 3.88. The zero-order chi connectivity index (χ0) is 15.6. The van der Waals surface area contributed by atoms with Crippen LogP contribution in [0.2, 0.25) is 0 Å². The summed E-state index contributed by atoms with van der Waals surface area (Å²) in [4.78, 5) is 11.3. The lowest BCUT2D eigenvalue weighted by Gasteiger charge is -2.11. The predicted octanol–water partition coefficient (Wildman–Crippen LogP) is 2.16. The van der Waals surface area contributed by atoms with Gasteiger partial charge in [-0.25, -0.2) is 13.2 Å². The van der Waals surface area contributed by atoms with Crippen molar-refractivity contribution in [3.8, 4) is 11.5 Å². The number of nitrogen functional groups attached to an aromatic ring is 1. The van der Waals surface area contributed by atoms with E-state index >= 15 is 0 Å². The molecule has 7 heteroatoms. The van der Waals surface area contributed by atoms with E-state index in [2.05, 4.69) is 0 Å². The fraction of sp³-hybridized carbons (Fsp3) is 0.0714. The number of benzene rings is 2. The predicted molar refractivity (Wildman–Crippen MR) is 77.4 cm³/mol. The molecule has 3 N–H and O–H groups in total. The summed E-state index contributed by atoms with van der Waals surface area (Å²) in [5.41, 5.74) is 5.84. The molecule has 2 aromatic carbocycles. The Morgan fingerprint density at radius 3 is 2.29 bits per heavy atom. The van der Waals surface area contributed by atoms with Crippen molar-refractivity contribution >= 4 is 21.5 Å². The quantitative estimate of drug-likeness (QED) is 0.838. The zero-order valence-electron chi connectivity index (χ0n) is 11.1. The third-order valence-electron chi connectivity index (χ3n) is 2.75. The van der Waals surface area contributed by atoms with Gasteiger partial charge in [0.2, 0.25) is 0 Å². The molecule has 0 atom stereocenters. The Morgan fingerprint density at radius 2 is 1.76 bits per heavy atom. The minimum atomic E-state index is -3.30. The highest BCUT2D eigenvalue weighted by atomic mass is 32.2. The van der Waals surface area contributed by atoms with Crippen LogP contribution in [0, 0.1) is 0 Å². The van der Waals surface area contributed by atoms with Gasteiger partial charge in [-0.3, -0.25) is 0 Å². The molecule has 0 spiro atoms. The number of ether oxygens (including phenoxy) is 1. The summed E-state index contributed by atoms with van der Waals surface area (Å²) in [5, 5.41) is 9.10. The molecule has 0 heterocycles. The molecular formula is C14H13NO5S. The minimum Gasteiger partial charge on any atom is -0.478 e. The lowest BCUT2D eigenvalue weighted by molar-refractivity contribution is 0.0694. The maximum Gasteiger partial charge on any atom is 0.339 e. The minimum absolute atomic E-state index is 0.0251. The van der Waals surface area contributed by atoms with Crippen LogP contribution in [-0.4, -0.2) is 25.7 Å². The lowest BCUT2D eigenvalue weighted by atomic mass is 10.1. The van der Waals surface area contributed by atoms with Crippen molar-refractivity contribution in [3.05, 3.63) is 48.0 Å². The van der Waals surface area contributed by atoms with Crippen LogP contribution in [0.25, 0.3) is 0 Å². The van der Waals surface area contributed by atoms with Crippen LogP contribution in [0.3, 0.4) is 0 Å². The van der Waals surface area contributed by atoms with Gasteiger partial charge in [-0.15, -0.1) is 0 Å². The molecule has 0 fully saturated rings. The largest absolute Gasteiger partial charge is 0.478 e. The Bertz CT molecular complexity index is 782. The van der Waals surface area contributed by atoms with E-state index in [9.17, 15) is 13.2 Å². The molecule has 110 valence electrons. The number of para-hydroxylation sites is 1. The second-order valence-corrected chi connectivity index (χ2v) is 6.39. The van der Waals surface area contributed by atoms with Gasteiger partial charge in [0.1, 0.15) is 11.3 Å². The van der Waals surface area contributed by atoms with Gasteiger partial charge >= 0.3 is 5.97 Å². The van der Waals surface area contributed by atoms with Crippen molar-refractivity contribution in [3.63, 3.8) is 0 Å². The molecule has 2 rings (SSSR count). The number of anilines is 1. The summed E-state index contributed by atoms with van der Waals surface area (Å²) in [5.74, 6) is -0.843. The Labute approximate surface area is 121 Å². The van der Waals surface area contributed by atoms with Crippen LogP contribution in [0.15, 0.2) is 47.4 Å². The normalized spacial score (nSPS) is 11.1. The molecule has 0 aliphatic carbocycles. The van der Waals surface area contributed by atoms with E-state index in [1.165, 1.54) is 42.5 Å². The standard InChI is InChI=1S/C14H13NO5S/c1-21(18,19)10-7-5-9(6-8-10)20-13-11(14(16)17)3-2-4-12(13)15/h2-8H,15H2,1H3,(H,16,17). The van der Waals surface area contributed by atoms with Gasteiger partial charge in [0.25, 0.3) is 0 Å². The number of rotatable bonds is 4. The molecule has 2 aromatic rings. The van der Waals surface area contributed by atoms with Crippen LogP contribution in [0.5, 0.6) is 11.5 Å². The number of carbonyl (C=O) groups is 1. The van der Waals surface area contributed by atoms with Gasteiger partial charge in [0.15, 0.2) is 15.6 Å². The molecule has 0 bridgehead atoms. The highest BCUT2D eigenvalue weighted by Crippen LogP contribution is 2.31. The molecule has 6 nitrogen and oxygen atoms in total. The van der Waals surface area contributed by atoms with Crippen LogP contribution < -0.4 is 10.5 Å². The van der Waals surface area contributed by atoms with Gasteiger partial charge in [0.05, 0.1) is 10.6 Å². The highest BCUT2D eigenvalue weighted by molar-refractivity contribution is 7.90. The Hall–Kier alpha value is -2.54. The average molecular weight is 307 g/mol. The van der Waals surface area contributed by atoms with E-state index < -0.39 is 15.8 Å². The van der Waals surface area contributed by atoms with E-state index in [1.54, 1.807) is 0 Å². The van der Waals surface area contributed by atoms with Gasteiger partial charge in [-0.05, 0) is 36.4 Å². The number of sulfone groups is 1. The van der Waals surface area contributed by atoms with Crippen LogP contribution in [0.4, 0.5) is 5.69 Å². The van der Waals surface area contributed by atoms with Crippen molar-refractivity contribution in [2.24, 2.45) is 0 Å². The zero-order valence-corrected chi connectivity index (χ0v) is 11.9. The summed E-state index contributed by atoms with van der Waals surface area (Å²) in [6.07, 6.45) is 1.10. The maximum absolute atomic E-state index is 11.4. The second-order valence-electron chi connectivity index (χ2n) is 4.37. The first-order valence-corrected chi connectivity index (χ1v) is 7.78. The van der Waals surface area contributed by atoms with Crippen LogP contribution in [0.1, 0.15) is 10.4 Å². The number of nitrogens with two attached hydrogens (primary N) is 1. The Kier molecular flexibility index (Phi) is 3.86. The van der Waals surface area contributed by atoms with E-state index in [4.69, 9.17) is 15.6 Å². The van der Waals surface area contributed by atoms with E-state index in [0.717, 1.165) is 6.26 Å². The number of aromatic carboxylic acids is 1. The van der Waals surface area contributed by atoms with Gasteiger partial charge in [-0.2, -0.15) is 0 Å². The monoisotopic (exact) mass is 307 g/mol. The topological polar surface area (TPSA) is 107 Å². The molecule has 0 aromatic heterocycles. The molecular weight excluding hydrogens is 294 g/mol. The average Bonchev–Trinajstić information content (AvgIpc) is 2.40. The molecule has 0 unspecified atom stereocenters. The number of carboxylic acid groups (broad SMARTS) is 1. The third kappa shape index (κ3) is 3.32. The lowest BCUT2D eigenvalue weighted by Crippen LogP contribution is -2.03. The van der Waals surface area contributed by atoms with Crippen LogP contribution >= 0.6 is 0 Å². The van der Waals surface area contributed by atoms with Gasteiger partial charge < -0.3 is 15.6 Å². The molecule has 0 amide bonds.